The van der Waals surface area contributed by atoms with Gasteiger partial charge in [-0.15, -0.1) is 11.8 Å². The van der Waals surface area contributed by atoms with Crippen LogP contribution in [0.5, 0.6) is 0 Å². The topological polar surface area (TPSA) is 56.2 Å². The SMILES string of the molecule is N[C@@H](Cc1ccccc1Cl)C(=O)CSCc1ccco1. The molecule has 20 heavy (non-hydrogen) atoms. The molecular weight excluding hydrogens is 294 g/mol. The van der Waals surface area contributed by atoms with Crippen LogP contribution in [0.2, 0.25) is 5.02 Å². The Labute approximate surface area is 127 Å². The van der Waals surface area contributed by atoms with E-state index >= 15 is 0 Å². The number of furan rings is 1. The summed E-state index contributed by atoms with van der Waals surface area (Å²) in [4.78, 5) is 12.0. The molecule has 0 amide bonds. The summed E-state index contributed by atoms with van der Waals surface area (Å²) in [5, 5.41) is 0.652. The van der Waals surface area contributed by atoms with E-state index in [0.717, 1.165) is 11.3 Å². The minimum absolute atomic E-state index is 0.0291. The van der Waals surface area contributed by atoms with Gasteiger partial charge in [-0.1, -0.05) is 29.8 Å². The summed E-state index contributed by atoms with van der Waals surface area (Å²) in [6.45, 7) is 0. The molecule has 0 spiro atoms. The first-order valence-electron chi connectivity index (χ1n) is 6.28. The predicted molar refractivity (Wildman–Crippen MR) is 83.0 cm³/mol. The minimum atomic E-state index is -0.515. The number of hydrogen-bond donors (Lipinski definition) is 1. The molecule has 3 nitrogen and oxygen atoms in total. The fourth-order valence-corrected chi connectivity index (χ4v) is 2.86. The van der Waals surface area contributed by atoms with E-state index in [9.17, 15) is 4.79 Å². The number of rotatable bonds is 7. The normalized spacial score (nSPS) is 12.3. The van der Waals surface area contributed by atoms with Crippen LogP contribution in [-0.4, -0.2) is 17.6 Å². The standard InChI is InChI=1S/C15H16ClNO2S/c16-13-6-2-1-4-11(13)8-14(17)15(18)10-20-9-12-5-3-7-19-12/h1-7,14H,8-10,17H2/t14-/m0/s1. The van der Waals surface area contributed by atoms with E-state index in [-0.39, 0.29) is 5.78 Å². The second-order valence-electron chi connectivity index (χ2n) is 4.44. The van der Waals surface area contributed by atoms with Gasteiger partial charge in [0.05, 0.1) is 23.8 Å². The van der Waals surface area contributed by atoms with Crippen molar-refractivity contribution in [1.82, 2.24) is 0 Å². The lowest BCUT2D eigenvalue weighted by Crippen LogP contribution is -2.34. The molecule has 106 valence electrons. The lowest BCUT2D eigenvalue weighted by Gasteiger charge is -2.11. The maximum absolute atomic E-state index is 12.0. The summed E-state index contributed by atoms with van der Waals surface area (Å²) in [5.41, 5.74) is 6.84. The molecule has 0 aliphatic heterocycles. The second kappa shape index (κ2) is 7.53. The molecule has 1 atom stereocenters. The summed E-state index contributed by atoms with van der Waals surface area (Å²) >= 11 is 7.57. The maximum Gasteiger partial charge on any atom is 0.159 e. The van der Waals surface area contributed by atoms with Crippen molar-refractivity contribution in [3.63, 3.8) is 0 Å². The predicted octanol–water partition coefficient (Wildman–Crippen LogP) is 3.31. The van der Waals surface area contributed by atoms with E-state index in [4.69, 9.17) is 21.8 Å². The van der Waals surface area contributed by atoms with Gasteiger partial charge in [0.25, 0.3) is 0 Å². The summed E-state index contributed by atoms with van der Waals surface area (Å²) in [6.07, 6.45) is 2.10. The average Bonchev–Trinajstić information content (AvgIpc) is 2.94. The number of hydrogen-bond acceptors (Lipinski definition) is 4. The van der Waals surface area contributed by atoms with Crippen LogP contribution in [-0.2, 0) is 17.0 Å². The molecule has 2 aromatic rings. The van der Waals surface area contributed by atoms with Crippen LogP contribution in [0.25, 0.3) is 0 Å². The van der Waals surface area contributed by atoms with Gasteiger partial charge >= 0.3 is 0 Å². The average molecular weight is 310 g/mol. The Balaban J connectivity index is 1.79. The van der Waals surface area contributed by atoms with Gasteiger partial charge in [-0.25, -0.2) is 0 Å². The highest BCUT2D eigenvalue weighted by Crippen LogP contribution is 2.17. The third-order valence-corrected chi connectivity index (χ3v) is 4.23. The maximum atomic E-state index is 12.0. The summed E-state index contributed by atoms with van der Waals surface area (Å²) in [7, 11) is 0. The van der Waals surface area contributed by atoms with Gasteiger partial charge in [-0.05, 0) is 30.2 Å². The second-order valence-corrected chi connectivity index (χ2v) is 5.83. The van der Waals surface area contributed by atoms with Crippen molar-refractivity contribution in [1.29, 1.82) is 0 Å². The van der Waals surface area contributed by atoms with E-state index in [2.05, 4.69) is 0 Å². The van der Waals surface area contributed by atoms with E-state index in [1.807, 2.05) is 30.3 Å². The first-order valence-corrected chi connectivity index (χ1v) is 7.82. The molecule has 0 fully saturated rings. The number of benzene rings is 1. The van der Waals surface area contributed by atoms with Crippen LogP contribution >= 0.6 is 23.4 Å². The Morgan fingerprint density at radius 2 is 2.10 bits per heavy atom. The largest absolute Gasteiger partial charge is 0.468 e. The smallest absolute Gasteiger partial charge is 0.159 e. The van der Waals surface area contributed by atoms with Crippen molar-refractivity contribution in [2.24, 2.45) is 5.73 Å². The molecule has 2 rings (SSSR count). The van der Waals surface area contributed by atoms with Gasteiger partial charge < -0.3 is 10.2 Å². The zero-order valence-corrected chi connectivity index (χ0v) is 12.5. The van der Waals surface area contributed by atoms with Crippen molar-refractivity contribution in [3.05, 3.63) is 59.0 Å². The highest BCUT2D eigenvalue weighted by Gasteiger charge is 2.15. The number of ketones is 1. The highest BCUT2D eigenvalue weighted by atomic mass is 35.5. The van der Waals surface area contributed by atoms with Gasteiger partial charge in [-0.2, -0.15) is 0 Å². The molecule has 1 aromatic carbocycles. The van der Waals surface area contributed by atoms with Crippen molar-refractivity contribution >= 4 is 29.1 Å². The zero-order chi connectivity index (χ0) is 14.4. The van der Waals surface area contributed by atoms with E-state index in [1.165, 1.54) is 11.8 Å². The monoisotopic (exact) mass is 309 g/mol. The van der Waals surface area contributed by atoms with Crippen molar-refractivity contribution in [2.45, 2.75) is 18.2 Å². The van der Waals surface area contributed by atoms with Gasteiger partial charge in [0.1, 0.15) is 5.76 Å². The molecule has 1 heterocycles. The number of carbonyl (C=O) groups excluding carboxylic acids is 1. The van der Waals surface area contributed by atoms with Crippen molar-refractivity contribution in [2.75, 3.05) is 5.75 Å². The number of thioether (sulfide) groups is 1. The molecule has 0 aliphatic rings. The third kappa shape index (κ3) is 4.40. The van der Waals surface area contributed by atoms with Crippen molar-refractivity contribution < 1.29 is 9.21 Å². The minimum Gasteiger partial charge on any atom is -0.468 e. The van der Waals surface area contributed by atoms with Crippen LogP contribution in [0.4, 0.5) is 0 Å². The molecule has 2 N–H and O–H groups in total. The Morgan fingerprint density at radius 3 is 2.80 bits per heavy atom. The molecule has 0 saturated carbocycles. The van der Waals surface area contributed by atoms with Gasteiger partial charge in [-0.3, -0.25) is 4.79 Å². The number of carbonyl (C=O) groups is 1. The number of Topliss-reactive ketones (excluding diaryl/α,β-unsaturated/α-hetero) is 1. The molecule has 0 radical (unpaired) electrons. The van der Waals surface area contributed by atoms with Crippen LogP contribution in [0.3, 0.4) is 0 Å². The van der Waals surface area contributed by atoms with E-state index in [1.54, 1.807) is 12.3 Å². The molecule has 0 unspecified atom stereocenters. The number of nitrogens with two attached hydrogens (primary N) is 1. The Hall–Kier alpha value is -1.23. The first kappa shape index (κ1) is 15.2. The molecule has 0 aliphatic carbocycles. The Bertz CT molecular complexity index is 557. The number of halogens is 1. The first-order chi connectivity index (χ1) is 9.66. The zero-order valence-electron chi connectivity index (χ0n) is 10.9. The van der Waals surface area contributed by atoms with Crippen LogP contribution in [0.1, 0.15) is 11.3 Å². The fraction of sp³-hybridized carbons (Fsp3) is 0.267. The molecule has 5 heteroatoms. The van der Waals surface area contributed by atoms with Crippen molar-refractivity contribution in [3.8, 4) is 0 Å². The lowest BCUT2D eigenvalue weighted by molar-refractivity contribution is -0.117. The fourth-order valence-electron chi connectivity index (χ4n) is 1.77. The van der Waals surface area contributed by atoms with Gasteiger partial charge in [0.2, 0.25) is 0 Å². The molecular formula is C15H16ClNO2S. The van der Waals surface area contributed by atoms with E-state index in [0.29, 0.717) is 22.9 Å². The van der Waals surface area contributed by atoms with Gasteiger partial charge in [0.15, 0.2) is 5.78 Å². The quantitative estimate of drug-likeness (QED) is 0.852. The molecule has 1 aromatic heterocycles. The van der Waals surface area contributed by atoms with E-state index < -0.39 is 6.04 Å². The van der Waals surface area contributed by atoms with Crippen LogP contribution in [0.15, 0.2) is 47.1 Å². The summed E-state index contributed by atoms with van der Waals surface area (Å²) < 4.78 is 5.21. The third-order valence-electron chi connectivity index (χ3n) is 2.88. The summed E-state index contributed by atoms with van der Waals surface area (Å²) in [5.74, 6) is 1.95. The lowest BCUT2D eigenvalue weighted by atomic mass is 10.0. The Morgan fingerprint density at radius 1 is 1.30 bits per heavy atom. The van der Waals surface area contributed by atoms with Gasteiger partial charge in [0, 0.05) is 5.02 Å². The van der Waals surface area contributed by atoms with Crippen LogP contribution in [0, 0.1) is 0 Å². The Kier molecular flexibility index (Phi) is 5.71. The van der Waals surface area contributed by atoms with Crippen LogP contribution < -0.4 is 5.73 Å². The molecule has 0 bridgehead atoms. The molecule has 0 saturated heterocycles. The summed E-state index contributed by atoms with van der Waals surface area (Å²) in [6, 6.07) is 10.7. The highest BCUT2D eigenvalue weighted by molar-refractivity contribution is 7.99.